The molecule has 3 heterocycles. The molecule has 20 heavy (non-hydrogen) atoms. The maximum Gasteiger partial charge on any atom is 0.350 e. The molecule has 0 aromatic carbocycles. The zero-order valence-electron chi connectivity index (χ0n) is 11.8. The van der Waals surface area contributed by atoms with Gasteiger partial charge in [0.25, 0.3) is 0 Å². The normalized spacial score (nSPS) is 23.7. The molecule has 1 aliphatic heterocycles. The molecule has 0 bridgehead atoms. The van der Waals surface area contributed by atoms with E-state index >= 15 is 0 Å². The first-order valence-corrected chi connectivity index (χ1v) is 7.17. The average Bonchev–Trinajstić information content (AvgIpc) is 2.98. The molecule has 1 aliphatic rings. The summed E-state index contributed by atoms with van der Waals surface area (Å²) < 4.78 is 3.13. The highest BCUT2D eigenvalue weighted by molar-refractivity contribution is 5.35. The third-order valence-electron chi connectivity index (χ3n) is 4.21. The van der Waals surface area contributed by atoms with E-state index in [0.29, 0.717) is 24.2 Å². The predicted octanol–water partition coefficient (Wildman–Crippen LogP) is 0.165. The van der Waals surface area contributed by atoms with Crippen LogP contribution in [0.25, 0.3) is 5.65 Å². The van der Waals surface area contributed by atoms with Crippen LogP contribution in [0.4, 0.5) is 0 Å². The van der Waals surface area contributed by atoms with Gasteiger partial charge in [0.2, 0.25) is 0 Å². The van der Waals surface area contributed by atoms with Crippen LogP contribution in [0.2, 0.25) is 0 Å². The molecule has 2 aromatic heterocycles. The van der Waals surface area contributed by atoms with Gasteiger partial charge in [0.1, 0.15) is 0 Å². The van der Waals surface area contributed by atoms with Crippen molar-refractivity contribution in [1.82, 2.24) is 19.1 Å². The summed E-state index contributed by atoms with van der Waals surface area (Å²) in [6.45, 7) is 5.47. The van der Waals surface area contributed by atoms with E-state index in [-0.39, 0.29) is 5.69 Å². The summed E-state index contributed by atoms with van der Waals surface area (Å²) in [5, 5.41) is 4.35. The van der Waals surface area contributed by atoms with Gasteiger partial charge in [-0.15, -0.1) is 5.10 Å². The maximum atomic E-state index is 12.2. The zero-order valence-corrected chi connectivity index (χ0v) is 11.8. The summed E-state index contributed by atoms with van der Waals surface area (Å²) in [6, 6.07) is 6.12. The quantitative estimate of drug-likeness (QED) is 0.863. The number of likely N-dealkylation sites (tertiary alicyclic amines) is 1. The van der Waals surface area contributed by atoms with Crippen molar-refractivity contribution < 1.29 is 0 Å². The number of hydrogen-bond acceptors (Lipinski definition) is 4. The molecule has 0 saturated carbocycles. The lowest BCUT2D eigenvalue weighted by molar-refractivity contribution is 0.248. The highest BCUT2D eigenvalue weighted by Crippen LogP contribution is 2.21. The molecule has 3 rings (SSSR count). The van der Waals surface area contributed by atoms with Gasteiger partial charge in [0.15, 0.2) is 5.65 Å². The Morgan fingerprint density at radius 2 is 2.25 bits per heavy atom. The minimum Gasteiger partial charge on any atom is -0.330 e. The fourth-order valence-electron chi connectivity index (χ4n) is 3.04. The Balaban J connectivity index is 1.71. The predicted molar refractivity (Wildman–Crippen MR) is 77.6 cm³/mol. The smallest absolute Gasteiger partial charge is 0.330 e. The van der Waals surface area contributed by atoms with Crippen LogP contribution in [0.1, 0.15) is 13.3 Å². The Hall–Kier alpha value is -1.66. The fourth-order valence-corrected chi connectivity index (χ4v) is 3.04. The number of aromatic nitrogens is 3. The molecule has 2 aromatic rings. The molecule has 0 spiro atoms. The SMILES string of the molecule is CC1CC(CN)CN1CCn1nc2ccccn2c1=O. The van der Waals surface area contributed by atoms with Gasteiger partial charge in [0.05, 0.1) is 6.54 Å². The van der Waals surface area contributed by atoms with Crippen molar-refractivity contribution >= 4 is 5.65 Å². The first-order chi connectivity index (χ1) is 9.69. The van der Waals surface area contributed by atoms with Crippen molar-refractivity contribution in [2.75, 3.05) is 19.6 Å². The summed E-state index contributed by atoms with van der Waals surface area (Å²) in [5.41, 5.74) is 6.38. The number of hydrogen-bond donors (Lipinski definition) is 1. The third-order valence-corrected chi connectivity index (χ3v) is 4.21. The Labute approximate surface area is 117 Å². The average molecular weight is 275 g/mol. The lowest BCUT2D eigenvalue weighted by atomic mass is 10.1. The Kier molecular flexibility index (Phi) is 3.58. The number of nitrogens with two attached hydrogens (primary N) is 1. The minimum atomic E-state index is -0.0668. The molecule has 1 fully saturated rings. The van der Waals surface area contributed by atoms with Gasteiger partial charge in [-0.1, -0.05) is 6.07 Å². The van der Waals surface area contributed by atoms with Gasteiger partial charge < -0.3 is 5.73 Å². The van der Waals surface area contributed by atoms with Gasteiger partial charge in [-0.25, -0.2) is 9.48 Å². The molecule has 6 heteroatoms. The molecule has 2 N–H and O–H groups in total. The number of fused-ring (bicyclic) bond motifs is 1. The lowest BCUT2D eigenvalue weighted by Crippen LogP contribution is -2.34. The van der Waals surface area contributed by atoms with Gasteiger partial charge in [-0.05, 0) is 37.9 Å². The number of nitrogens with zero attached hydrogens (tertiary/aromatic N) is 4. The highest BCUT2D eigenvalue weighted by Gasteiger charge is 2.27. The van der Waals surface area contributed by atoms with E-state index in [1.165, 1.54) is 0 Å². The first kappa shape index (κ1) is 13.3. The summed E-state index contributed by atoms with van der Waals surface area (Å²) >= 11 is 0. The molecule has 108 valence electrons. The molecule has 0 amide bonds. The fraction of sp³-hybridized carbons (Fsp3) is 0.571. The van der Waals surface area contributed by atoms with Crippen LogP contribution < -0.4 is 11.4 Å². The van der Waals surface area contributed by atoms with Gasteiger partial charge in [-0.2, -0.15) is 0 Å². The Morgan fingerprint density at radius 1 is 1.40 bits per heavy atom. The van der Waals surface area contributed by atoms with Gasteiger partial charge in [-0.3, -0.25) is 9.30 Å². The summed E-state index contributed by atoms with van der Waals surface area (Å²) in [5.74, 6) is 0.586. The number of pyridine rings is 1. The van der Waals surface area contributed by atoms with Crippen LogP contribution in [0.15, 0.2) is 29.2 Å². The Morgan fingerprint density at radius 3 is 2.95 bits per heavy atom. The third kappa shape index (κ3) is 2.36. The standard InChI is InChI=1S/C14H21N5O/c1-11-8-12(9-15)10-17(11)6-7-19-14(20)18-5-3-2-4-13(18)16-19/h2-5,11-12H,6-10,15H2,1H3. The van der Waals surface area contributed by atoms with Crippen LogP contribution in [-0.2, 0) is 6.54 Å². The van der Waals surface area contributed by atoms with Crippen molar-refractivity contribution in [3.63, 3.8) is 0 Å². The monoisotopic (exact) mass is 275 g/mol. The van der Waals surface area contributed by atoms with E-state index in [9.17, 15) is 4.79 Å². The summed E-state index contributed by atoms with van der Waals surface area (Å²) in [7, 11) is 0. The molecule has 0 radical (unpaired) electrons. The maximum absolute atomic E-state index is 12.2. The molecular formula is C14H21N5O. The lowest BCUT2D eigenvalue weighted by Gasteiger charge is -2.20. The van der Waals surface area contributed by atoms with Crippen LogP contribution in [0, 0.1) is 5.92 Å². The van der Waals surface area contributed by atoms with Gasteiger partial charge >= 0.3 is 5.69 Å². The molecular weight excluding hydrogens is 254 g/mol. The van der Waals surface area contributed by atoms with E-state index < -0.39 is 0 Å². The zero-order chi connectivity index (χ0) is 14.1. The van der Waals surface area contributed by atoms with E-state index in [1.54, 1.807) is 15.3 Å². The molecule has 1 saturated heterocycles. The van der Waals surface area contributed by atoms with E-state index in [2.05, 4.69) is 16.9 Å². The van der Waals surface area contributed by atoms with Crippen molar-refractivity contribution in [3.05, 3.63) is 34.9 Å². The van der Waals surface area contributed by atoms with Gasteiger partial charge in [0, 0.05) is 25.3 Å². The minimum absolute atomic E-state index is 0.0668. The Bertz CT molecular complexity index is 646. The topological polar surface area (TPSA) is 68.6 Å². The second kappa shape index (κ2) is 5.38. The summed E-state index contributed by atoms with van der Waals surface area (Å²) in [4.78, 5) is 14.6. The molecule has 6 nitrogen and oxygen atoms in total. The highest BCUT2D eigenvalue weighted by atomic mass is 16.2. The van der Waals surface area contributed by atoms with E-state index in [0.717, 1.165) is 26.1 Å². The van der Waals surface area contributed by atoms with Crippen molar-refractivity contribution in [2.24, 2.45) is 11.7 Å². The second-order valence-electron chi connectivity index (χ2n) is 5.62. The van der Waals surface area contributed by atoms with Crippen LogP contribution in [-0.4, -0.2) is 44.8 Å². The van der Waals surface area contributed by atoms with Crippen molar-refractivity contribution in [2.45, 2.75) is 25.9 Å². The molecule has 2 unspecified atom stereocenters. The van der Waals surface area contributed by atoms with Crippen LogP contribution >= 0.6 is 0 Å². The van der Waals surface area contributed by atoms with E-state index in [1.807, 2.05) is 18.2 Å². The largest absolute Gasteiger partial charge is 0.350 e. The van der Waals surface area contributed by atoms with Crippen molar-refractivity contribution in [1.29, 1.82) is 0 Å². The second-order valence-corrected chi connectivity index (χ2v) is 5.62. The van der Waals surface area contributed by atoms with Crippen molar-refractivity contribution in [3.8, 4) is 0 Å². The molecule has 2 atom stereocenters. The van der Waals surface area contributed by atoms with E-state index in [4.69, 9.17) is 5.73 Å². The van der Waals surface area contributed by atoms with Crippen LogP contribution in [0.3, 0.4) is 0 Å². The number of rotatable bonds is 4. The first-order valence-electron chi connectivity index (χ1n) is 7.17. The molecule has 0 aliphatic carbocycles. The van der Waals surface area contributed by atoms with Crippen LogP contribution in [0.5, 0.6) is 0 Å². The summed E-state index contributed by atoms with van der Waals surface area (Å²) in [6.07, 6.45) is 2.90.